The lowest BCUT2D eigenvalue weighted by Gasteiger charge is -2.34. The molecule has 1 aromatic carbocycles. The molecule has 1 fully saturated rings. The Morgan fingerprint density at radius 2 is 2.26 bits per heavy atom. The lowest BCUT2D eigenvalue weighted by atomic mass is 9.92. The fraction of sp³-hybridized carbons (Fsp3) is 0.562. The van der Waals surface area contributed by atoms with Gasteiger partial charge in [-0.25, -0.2) is 0 Å². The summed E-state index contributed by atoms with van der Waals surface area (Å²) in [6, 6.07) is 8.58. The largest absolute Gasteiger partial charge is 0.307 e. The Morgan fingerprint density at radius 3 is 2.95 bits per heavy atom. The van der Waals surface area contributed by atoms with Gasteiger partial charge in [-0.15, -0.1) is 0 Å². The molecule has 1 saturated heterocycles. The van der Waals surface area contributed by atoms with E-state index in [2.05, 4.69) is 37.4 Å². The van der Waals surface area contributed by atoms with Gasteiger partial charge in [-0.1, -0.05) is 25.1 Å². The lowest BCUT2D eigenvalue weighted by molar-refractivity contribution is -0.124. The third kappa shape index (κ3) is 1.88. The number of fused-ring (bicyclic) bond motifs is 1. The molecule has 19 heavy (non-hydrogen) atoms. The molecule has 102 valence electrons. The Labute approximate surface area is 115 Å². The second kappa shape index (κ2) is 4.64. The minimum Gasteiger partial charge on any atom is -0.307 e. The van der Waals surface area contributed by atoms with Crippen LogP contribution < -0.4 is 10.2 Å². The first-order chi connectivity index (χ1) is 9.18. The number of rotatable bonds is 2. The number of carbonyl (C=O) groups excluding carboxylic acids is 1. The molecule has 2 unspecified atom stereocenters. The minimum atomic E-state index is -0.328. The van der Waals surface area contributed by atoms with Gasteiger partial charge in [0, 0.05) is 11.7 Å². The summed E-state index contributed by atoms with van der Waals surface area (Å²) in [6.45, 7) is 5.22. The SMILES string of the molecule is CCC1(C(=O)N2c3ccccc3CC2C)CCCN1. The zero-order valence-corrected chi connectivity index (χ0v) is 11.8. The number of hydrogen-bond donors (Lipinski definition) is 1. The summed E-state index contributed by atoms with van der Waals surface area (Å²) in [5.74, 6) is 0.268. The van der Waals surface area contributed by atoms with Crippen molar-refractivity contribution in [1.29, 1.82) is 0 Å². The van der Waals surface area contributed by atoms with Crippen molar-refractivity contribution in [2.75, 3.05) is 11.4 Å². The molecule has 0 spiro atoms. The average Bonchev–Trinajstić information content (AvgIpc) is 3.02. The summed E-state index contributed by atoms with van der Waals surface area (Å²) in [5.41, 5.74) is 2.08. The molecule has 2 aliphatic rings. The normalized spacial score (nSPS) is 29.6. The van der Waals surface area contributed by atoms with Crippen LogP contribution in [0.2, 0.25) is 0 Å². The number of nitrogens with zero attached hydrogens (tertiary/aromatic N) is 1. The van der Waals surface area contributed by atoms with Crippen LogP contribution in [0.4, 0.5) is 5.69 Å². The monoisotopic (exact) mass is 258 g/mol. The fourth-order valence-corrected chi connectivity index (χ4v) is 3.55. The number of nitrogens with one attached hydrogen (secondary N) is 1. The zero-order chi connectivity index (χ0) is 13.5. The summed E-state index contributed by atoms with van der Waals surface area (Å²) in [5, 5.41) is 3.46. The first-order valence-corrected chi connectivity index (χ1v) is 7.34. The molecule has 0 radical (unpaired) electrons. The molecule has 1 amide bonds. The maximum absolute atomic E-state index is 13.0. The molecule has 0 bridgehead atoms. The first-order valence-electron chi connectivity index (χ1n) is 7.34. The summed E-state index contributed by atoms with van der Waals surface area (Å²) < 4.78 is 0. The lowest BCUT2D eigenvalue weighted by Crippen LogP contribution is -2.56. The van der Waals surface area contributed by atoms with Gasteiger partial charge < -0.3 is 10.2 Å². The van der Waals surface area contributed by atoms with Crippen LogP contribution in [-0.4, -0.2) is 24.0 Å². The van der Waals surface area contributed by atoms with Gasteiger partial charge in [0.2, 0.25) is 5.91 Å². The third-order valence-corrected chi connectivity index (χ3v) is 4.68. The Hall–Kier alpha value is -1.35. The molecular weight excluding hydrogens is 236 g/mol. The highest BCUT2D eigenvalue weighted by molar-refractivity contribution is 6.02. The van der Waals surface area contributed by atoms with Crippen LogP contribution >= 0.6 is 0 Å². The van der Waals surface area contributed by atoms with E-state index >= 15 is 0 Å². The van der Waals surface area contributed by atoms with Gasteiger partial charge >= 0.3 is 0 Å². The molecule has 3 rings (SSSR count). The molecule has 3 nitrogen and oxygen atoms in total. The molecule has 3 heteroatoms. The molecule has 1 aromatic rings. The summed E-state index contributed by atoms with van der Waals surface area (Å²) in [7, 11) is 0. The van der Waals surface area contributed by atoms with E-state index in [1.807, 2.05) is 11.0 Å². The van der Waals surface area contributed by atoms with Gasteiger partial charge in [-0.05, 0) is 50.8 Å². The number of hydrogen-bond acceptors (Lipinski definition) is 2. The predicted molar refractivity (Wildman–Crippen MR) is 77.4 cm³/mol. The van der Waals surface area contributed by atoms with Crippen molar-refractivity contribution in [3.63, 3.8) is 0 Å². The van der Waals surface area contributed by atoms with Gasteiger partial charge in [0.15, 0.2) is 0 Å². The quantitative estimate of drug-likeness (QED) is 0.884. The molecule has 0 aromatic heterocycles. The Bertz CT molecular complexity index is 491. The second-order valence-corrected chi connectivity index (χ2v) is 5.82. The summed E-state index contributed by atoms with van der Waals surface area (Å²) >= 11 is 0. The smallest absolute Gasteiger partial charge is 0.247 e. The molecule has 2 heterocycles. The summed E-state index contributed by atoms with van der Waals surface area (Å²) in [4.78, 5) is 15.1. The van der Waals surface area contributed by atoms with Crippen LogP contribution in [0.25, 0.3) is 0 Å². The van der Waals surface area contributed by atoms with Crippen molar-refractivity contribution in [2.45, 2.75) is 51.1 Å². The number of benzene rings is 1. The highest BCUT2D eigenvalue weighted by Crippen LogP contribution is 2.36. The van der Waals surface area contributed by atoms with Gasteiger partial charge in [-0.2, -0.15) is 0 Å². The molecule has 2 atom stereocenters. The van der Waals surface area contributed by atoms with Crippen molar-refractivity contribution in [1.82, 2.24) is 5.32 Å². The van der Waals surface area contributed by atoms with E-state index in [0.717, 1.165) is 37.9 Å². The van der Waals surface area contributed by atoms with Gasteiger partial charge in [0.05, 0.1) is 5.54 Å². The van der Waals surface area contributed by atoms with E-state index in [4.69, 9.17) is 0 Å². The topological polar surface area (TPSA) is 32.3 Å². The van der Waals surface area contributed by atoms with E-state index in [1.165, 1.54) is 5.56 Å². The van der Waals surface area contributed by atoms with Crippen molar-refractivity contribution < 1.29 is 4.79 Å². The number of para-hydroxylation sites is 1. The average molecular weight is 258 g/mol. The van der Waals surface area contributed by atoms with Crippen LogP contribution in [0.3, 0.4) is 0 Å². The van der Waals surface area contributed by atoms with Crippen molar-refractivity contribution >= 4 is 11.6 Å². The van der Waals surface area contributed by atoms with E-state index < -0.39 is 0 Å². The Morgan fingerprint density at radius 1 is 1.47 bits per heavy atom. The minimum absolute atomic E-state index is 0.268. The van der Waals surface area contributed by atoms with Crippen molar-refractivity contribution in [3.05, 3.63) is 29.8 Å². The van der Waals surface area contributed by atoms with Crippen LogP contribution in [0, 0.1) is 0 Å². The van der Waals surface area contributed by atoms with E-state index in [-0.39, 0.29) is 17.5 Å². The van der Waals surface area contributed by atoms with Crippen LogP contribution in [-0.2, 0) is 11.2 Å². The molecular formula is C16H22N2O. The zero-order valence-electron chi connectivity index (χ0n) is 11.8. The Kier molecular flexibility index (Phi) is 3.09. The van der Waals surface area contributed by atoms with Crippen molar-refractivity contribution in [3.8, 4) is 0 Å². The maximum Gasteiger partial charge on any atom is 0.247 e. The molecule has 1 N–H and O–H groups in total. The number of carbonyl (C=O) groups is 1. The van der Waals surface area contributed by atoms with Crippen molar-refractivity contribution in [2.24, 2.45) is 0 Å². The summed E-state index contributed by atoms with van der Waals surface area (Å²) in [6.07, 6.45) is 3.91. The molecule has 0 saturated carbocycles. The number of anilines is 1. The second-order valence-electron chi connectivity index (χ2n) is 5.82. The molecule has 2 aliphatic heterocycles. The highest BCUT2D eigenvalue weighted by atomic mass is 16.2. The molecule has 0 aliphatic carbocycles. The predicted octanol–water partition coefficient (Wildman–Crippen LogP) is 2.50. The van der Waals surface area contributed by atoms with Gasteiger partial charge in [-0.3, -0.25) is 4.79 Å². The van der Waals surface area contributed by atoms with E-state index in [1.54, 1.807) is 0 Å². The fourth-order valence-electron chi connectivity index (χ4n) is 3.55. The first kappa shape index (κ1) is 12.7. The Balaban J connectivity index is 1.96. The van der Waals surface area contributed by atoms with Gasteiger partial charge in [0.25, 0.3) is 0 Å². The van der Waals surface area contributed by atoms with Crippen LogP contribution in [0.5, 0.6) is 0 Å². The number of amides is 1. The highest BCUT2D eigenvalue weighted by Gasteiger charge is 2.45. The van der Waals surface area contributed by atoms with E-state index in [9.17, 15) is 4.79 Å². The van der Waals surface area contributed by atoms with Crippen LogP contribution in [0.15, 0.2) is 24.3 Å². The third-order valence-electron chi connectivity index (χ3n) is 4.68. The maximum atomic E-state index is 13.0. The van der Waals surface area contributed by atoms with E-state index in [0.29, 0.717) is 0 Å². The standard InChI is InChI=1S/C16H22N2O/c1-3-16(9-6-10-17-16)15(19)18-12(2)11-13-7-4-5-8-14(13)18/h4-5,7-8,12,17H,3,6,9-11H2,1-2H3. The van der Waals surface area contributed by atoms with Crippen LogP contribution in [0.1, 0.15) is 38.7 Å². The van der Waals surface area contributed by atoms with Gasteiger partial charge in [0.1, 0.15) is 0 Å².